The molecule has 0 aliphatic carbocycles. The average Bonchev–Trinajstić information content (AvgIpc) is 3.55. The van der Waals surface area contributed by atoms with Crippen LogP contribution < -0.4 is 0 Å². The van der Waals surface area contributed by atoms with Gasteiger partial charge >= 0.3 is 0 Å². The average molecular weight is 570 g/mol. The molecule has 1 unspecified atom stereocenters. The quantitative estimate of drug-likeness (QED) is 0.147. The molecule has 2 aliphatic heterocycles. The van der Waals surface area contributed by atoms with Crippen LogP contribution in [0, 0.1) is 0 Å². The van der Waals surface area contributed by atoms with Gasteiger partial charge in [0.25, 0.3) is 5.91 Å². The van der Waals surface area contributed by atoms with Gasteiger partial charge < -0.3 is 0 Å². The number of unbranched alkanes of at least 4 members (excludes halogenated alkanes) is 1. The molecule has 0 N–H and O–H groups in total. The smallest absolute Gasteiger partial charge is 0.266 e. The summed E-state index contributed by atoms with van der Waals surface area (Å²) in [5.74, 6) is 0.910. The highest BCUT2D eigenvalue weighted by Gasteiger charge is 2.42. The van der Waals surface area contributed by atoms with Crippen molar-refractivity contribution in [3.8, 4) is 16.9 Å². The van der Waals surface area contributed by atoms with Gasteiger partial charge in [-0.2, -0.15) is 5.10 Å². The molecular formula is C27H27N3O3S4. The highest BCUT2D eigenvalue weighted by atomic mass is 32.2. The van der Waals surface area contributed by atoms with Crippen LogP contribution in [0.1, 0.15) is 31.7 Å². The van der Waals surface area contributed by atoms with Gasteiger partial charge in [0, 0.05) is 22.2 Å². The van der Waals surface area contributed by atoms with Crippen LogP contribution in [-0.4, -0.2) is 56.6 Å². The lowest BCUT2D eigenvalue weighted by Gasteiger charge is -2.20. The number of sulfone groups is 1. The highest BCUT2D eigenvalue weighted by molar-refractivity contribution is 8.26. The summed E-state index contributed by atoms with van der Waals surface area (Å²) in [7, 11) is -3.13. The SMILES string of the molecule is CCCCSc1ccc(-c2nn(-c3ccccc3)cc2/C=C2\SC(=S)N(C3CCS(=O)(=O)C3)C2=O)cc1. The molecule has 3 aromatic rings. The predicted molar refractivity (Wildman–Crippen MR) is 157 cm³/mol. The Kier molecular flexibility index (Phi) is 7.90. The Labute approximate surface area is 231 Å². The number of para-hydroxylation sites is 1. The maximum absolute atomic E-state index is 13.3. The van der Waals surface area contributed by atoms with Crippen molar-refractivity contribution in [1.82, 2.24) is 14.7 Å². The fourth-order valence-corrected chi connectivity index (χ4v) is 8.48. The summed E-state index contributed by atoms with van der Waals surface area (Å²) < 4.78 is 26.2. The van der Waals surface area contributed by atoms with Crippen molar-refractivity contribution < 1.29 is 13.2 Å². The third kappa shape index (κ3) is 5.87. The van der Waals surface area contributed by atoms with Gasteiger partial charge in [-0.15, -0.1) is 11.8 Å². The van der Waals surface area contributed by atoms with Crippen LogP contribution >= 0.6 is 35.7 Å². The first-order valence-corrected chi connectivity index (χ1v) is 16.2. The summed E-state index contributed by atoms with van der Waals surface area (Å²) in [5, 5.41) is 4.88. The number of hydrogen-bond donors (Lipinski definition) is 0. The van der Waals surface area contributed by atoms with E-state index in [9.17, 15) is 13.2 Å². The first-order chi connectivity index (χ1) is 17.8. The lowest BCUT2D eigenvalue weighted by molar-refractivity contribution is -0.123. The molecule has 37 heavy (non-hydrogen) atoms. The molecule has 192 valence electrons. The summed E-state index contributed by atoms with van der Waals surface area (Å²) in [4.78, 5) is 16.5. The van der Waals surface area contributed by atoms with E-state index in [4.69, 9.17) is 17.3 Å². The molecule has 0 bridgehead atoms. The van der Waals surface area contributed by atoms with Crippen molar-refractivity contribution in [3.63, 3.8) is 0 Å². The molecule has 3 heterocycles. The predicted octanol–water partition coefficient (Wildman–Crippen LogP) is 5.82. The van der Waals surface area contributed by atoms with Gasteiger partial charge in [-0.05, 0) is 48.9 Å². The Morgan fingerprint density at radius 2 is 1.92 bits per heavy atom. The summed E-state index contributed by atoms with van der Waals surface area (Å²) in [5.41, 5.74) is 3.44. The van der Waals surface area contributed by atoms with Gasteiger partial charge in [-0.25, -0.2) is 13.1 Å². The molecule has 6 nitrogen and oxygen atoms in total. The zero-order valence-electron chi connectivity index (χ0n) is 20.4. The summed E-state index contributed by atoms with van der Waals surface area (Å²) >= 11 is 8.56. The summed E-state index contributed by atoms with van der Waals surface area (Å²) in [6.45, 7) is 2.19. The first-order valence-electron chi connectivity index (χ1n) is 12.2. The van der Waals surface area contributed by atoms with E-state index < -0.39 is 15.9 Å². The zero-order valence-corrected chi connectivity index (χ0v) is 23.6. The molecule has 0 saturated carbocycles. The summed E-state index contributed by atoms with van der Waals surface area (Å²) in [6.07, 6.45) is 6.52. The van der Waals surface area contributed by atoms with Gasteiger partial charge in [0.2, 0.25) is 0 Å². The molecule has 1 amide bonds. The number of nitrogens with zero attached hydrogens (tertiary/aromatic N) is 3. The van der Waals surface area contributed by atoms with E-state index >= 15 is 0 Å². The van der Waals surface area contributed by atoms with Gasteiger partial charge in [-0.1, -0.05) is 67.7 Å². The first kappa shape index (κ1) is 26.2. The molecule has 10 heteroatoms. The van der Waals surface area contributed by atoms with Crippen LogP contribution in [0.4, 0.5) is 0 Å². The Morgan fingerprint density at radius 1 is 1.16 bits per heavy atom. The minimum Gasteiger partial charge on any atom is -0.289 e. The normalized spacial score (nSPS) is 20.3. The maximum atomic E-state index is 13.3. The van der Waals surface area contributed by atoms with Crippen LogP contribution in [0.2, 0.25) is 0 Å². The number of aromatic nitrogens is 2. The Bertz CT molecular complexity index is 1450. The second kappa shape index (κ2) is 11.1. The highest BCUT2D eigenvalue weighted by Crippen LogP contribution is 2.38. The van der Waals surface area contributed by atoms with E-state index in [1.807, 2.05) is 59.0 Å². The molecule has 1 aromatic heterocycles. The topological polar surface area (TPSA) is 72.3 Å². The lowest BCUT2D eigenvalue weighted by Crippen LogP contribution is -2.39. The molecule has 2 saturated heterocycles. The zero-order chi connectivity index (χ0) is 26.0. The van der Waals surface area contributed by atoms with Gasteiger partial charge in [0.15, 0.2) is 9.84 Å². The number of carbonyl (C=O) groups excluding carboxylic acids is 1. The number of carbonyl (C=O) groups is 1. The second-order valence-corrected chi connectivity index (χ2v) is 14.1. The molecule has 0 radical (unpaired) electrons. The molecule has 1 atom stereocenters. The number of thiocarbonyl (C=S) groups is 1. The fourth-order valence-electron chi connectivity index (χ4n) is 4.39. The monoisotopic (exact) mass is 569 g/mol. The second-order valence-electron chi connectivity index (χ2n) is 9.05. The van der Waals surface area contributed by atoms with E-state index in [0.717, 1.165) is 28.3 Å². The number of benzene rings is 2. The molecule has 0 spiro atoms. The Morgan fingerprint density at radius 3 is 2.59 bits per heavy atom. The minimum atomic E-state index is -3.13. The molecule has 2 fully saturated rings. The van der Waals surface area contributed by atoms with Crippen molar-refractivity contribution in [2.45, 2.75) is 37.1 Å². The van der Waals surface area contributed by atoms with Crippen molar-refractivity contribution in [3.05, 3.63) is 71.3 Å². The molecular weight excluding hydrogens is 543 g/mol. The van der Waals surface area contributed by atoms with Crippen molar-refractivity contribution in [1.29, 1.82) is 0 Å². The number of amides is 1. The van der Waals surface area contributed by atoms with E-state index in [0.29, 0.717) is 15.6 Å². The third-order valence-corrected chi connectivity index (χ3v) is 10.5. The van der Waals surface area contributed by atoms with Gasteiger partial charge in [0.05, 0.1) is 33.8 Å². The standard InChI is InChI=1S/C27H27N3O3S4/c1-2-3-14-35-23-11-9-19(10-12-23)25-20(17-29(28-25)21-7-5-4-6-8-21)16-24-26(31)30(27(34)36-24)22-13-15-37(32,33)18-22/h4-12,16-17,22H,2-3,13-15,18H2,1H3/b24-16-. The fraction of sp³-hybridized carbons (Fsp3) is 0.296. The molecule has 2 aliphatic rings. The molecule has 5 rings (SSSR count). The Hall–Kier alpha value is -2.40. The van der Waals surface area contributed by atoms with Crippen LogP contribution in [0.15, 0.2) is 70.6 Å². The van der Waals surface area contributed by atoms with E-state index in [1.54, 1.807) is 0 Å². The van der Waals surface area contributed by atoms with Gasteiger partial charge in [-0.3, -0.25) is 9.69 Å². The lowest BCUT2D eigenvalue weighted by atomic mass is 10.1. The number of thioether (sulfide) groups is 2. The van der Waals surface area contributed by atoms with Crippen molar-refractivity contribution >= 4 is 61.9 Å². The van der Waals surface area contributed by atoms with Crippen LogP contribution in [0.3, 0.4) is 0 Å². The number of hydrogen-bond acceptors (Lipinski definition) is 7. The van der Waals surface area contributed by atoms with E-state index in [2.05, 4.69) is 31.2 Å². The number of rotatable bonds is 8. The maximum Gasteiger partial charge on any atom is 0.266 e. The third-order valence-electron chi connectivity index (χ3n) is 6.34. The molecule has 2 aromatic carbocycles. The summed E-state index contributed by atoms with van der Waals surface area (Å²) in [6, 6.07) is 17.8. The Balaban J connectivity index is 1.48. The minimum absolute atomic E-state index is 0.0352. The van der Waals surface area contributed by atoms with E-state index in [-0.39, 0.29) is 17.4 Å². The van der Waals surface area contributed by atoms with Crippen LogP contribution in [-0.2, 0) is 14.6 Å². The van der Waals surface area contributed by atoms with Crippen LogP contribution in [0.25, 0.3) is 23.0 Å². The largest absolute Gasteiger partial charge is 0.289 e. The van der Waals surface area contributed by atoms with Crippen LogP contribution in [0.5, 0.6) is 0 Å². The van der Waals surface area contributed by atoms with E-state index in [1.165, 1.54) is 34.4 Å². The van der Waals surface area contributed by atoms with Gasteiger partial charge in [0.1, 0.15) is 4.32 Å². The van der Waals surface area contributed by atoms with Crippen molar-refractivity contribution in [2.75, 3.05) is 17.3 Å². The van der Waals surface area contributed by atoms with Crippen molar-refractivity contribution in [2.24, 2.45) is 0 Å².